The quantitative estimate of drug-likeness (QED) is 0.433. The third-order valence-electron chi connectivity index (χ3n) is 5.14. The van der Waals surface area contributed by atoms with Crippen molar-refractivity contribution in [2.75, 3.05) is 0 Å². The maximum Gasteiger partial charge on any atom is 0.222 e. The molecular weight excluding hydrogens is 342 g/mol. The molecule has 0 radical (unpaired) electrons. The highest BCUT2D eigenvalue weighted by Crippen LogP contribution is 2.47. The summed E-state index contributed by atoms with van der Waals surface area (Å²) in [6, 6.07) is 39.1. The van der Waals surface area contributed by atoms with Gasteiger partial charge in [0.25, 0.3) is 0 Å². The number of aliphatic imine (C=N–C) groups is 1. The van der Waals surface area contributed by atoms with Crippen molar-refractivity contribution in [1.82, 2.24) is 0 Å². The van der Waals surface area contributed by atoms with Gasteiger partial charge in [-0.1, -0.05) is 97.1 Å². The van der Waals surface area contributed by atoms with Crippen molar-refractivity contribution in [3.8, 4) is 0 Å². The molecule has 0 aromatic heterocycles. The fourth-order valence-corrected chi connectivity index (χ4v) is 3.85. The monoisotopic (exact) mass is 361 g/mol. The highest BCUT2D eigenvalue weighted by molar-refractivity contribution is 5.98. The van der Waals surface area contributed by atoms with Crippen LogP contribution in [0.4, 0.5) is 5.69 Å². The molecule has 0 unspecified atom stereocenters. The fourth-order valence-electron chi connectivity index (χ4n) is 3.85. The Bertz CT molecular complexity index is 1080. The number of hydrogen-bond acceptors (Lipinski definition) is 2. The van der Waals surface area contributed by atoms with E-state index in [1.807, 2.05) is 54.6 Å². The van der Waals surface area contributed by atoms with E-state index in [0.717, 1.165) is 27.9 Å². The van der Waals surface area contributed by atoms with Gasteiger partial charge in [-0.05, 0) is 18.2 Å². The first-order valence-electron chi connectivity index (χ1n) is 9.41. The summed E-state index contributed by atoms with van der Waals surface area (Å²) in [6.45, 7) is 0. The Morgan fingerprint density at radius 3 is 1.64 bits per heavy atom. The Morgan fingerprint density at radius 2 is 1.04 bits per heavy atom. The van der Waals surface area contributed by atoms with Gasteiger partial charge in [-0.25, -0.2) is 4.99 Å². The van der Waals surface area contributed by atoms with Crippen LogP contribution in [0, 0.1) is 0 Å². The summed E-state index contributed by atoms with van der Waals surface area (Å²) in [5.41, 5.74) is 4.35. The van der Waals surface area contributed by atoms with Crippen LogP contribution >= 0.6 is 0 Å². The number of fused-ring (bicyclic) bond motifs is 1. The van der Waals surface area contributed by atoms with Crippen LogP contribution < -0.4 is 0 Å². The van der Waals surface area contributed by atoms with Crippen LogP contribution in [0.3, 0.4) is 0 Å². The lowest BCUT2D eigenvalue weighted by atomic mass is 9.78. The molecule has 2 heteroatoms. The minimum atomic E-state index is -0.758. The van der Waals surface area contributed by atoms with Crippen LogP contribution in [0.1, 0.15) is 22.3 Å². The van der Waals surface area contributed by atoms with Gasteiger partial charge in [-0.2, -0.15) is 0 Å². The second-order valence-electron chi connectivity index (χ2n) is 6.82. The van der Waals surface area contributed by atoms with E-state index in [1.54, 1.807) is 0 Å². The van der Waals surface area contributed by atoms with Gasteiger partial charge in [-0.3, -0.25) is 0 Å². The Kier molecular flexibility index (Phi) is 4.02. The van der Waals surface area contributed by atoms with Crippen LogP contribution in [0.25, 0.3) is 0 Å². The summed E-state index contributed by atoms with van der Waals surface area (Å²) >= 11 is 0. The molecule has 0 aliphatic carbocycles. The van der Waals surface area contributed by atoms with Crippen LogP contribution in [0.15, 0.2) is 120 Å². The van der Waals surface area contributed by atoms with E-state index in [4.69, 9.17) is 9.73 Å². The summed E-state index contributed by atoms with van der Waals surface area (Å²) in [7, 11) is 0. The average Bonchev–Trinajstić information content (AvgIpc) is 2.80. The first-order valence-corrected chi connectivity index (χ1v) is 9.41. The summed E-state index contributed by atoms with van der Waals surface area (Å²) in [5.74, 6) is 0.631. The Hall–Kier alpha value is -3.65. The third-order valence-corrected chi connectivity index (χ3v) is 5.14. The molecule has 4 aromatic carbocycles. The van der Waals surface area contributed by atoms with Crippen LogP contribution in [-0.4, -0.2) is 5.90 Å². The second-order valence-corrected chi connectivity index (χ2v) is 6.82. The summed E-state index contributed by atoms with van der Waals surface area (Å²) in [5, 5.41) is 0. The predicted octanol–water partition coefficient (Wildman–Crippen LogP) is 6.09. The molecule has 28 heavy (non-hydrogen) atoms. The van der Waals surface area contributed by atoms with E-state index in [9.17, 15) is 0 Å². The molecule has 0 fully saturated rings. The van der Waals surface area contributed by atoms with Crippen molar-refractivity contribution in [2.45, 2.75) is 5.60 Å². The SMILES string of the molecule is c1ccc(C2=Nc3ccccc3C(c3ccccc3)(c3ccccc3)O2)cc1. The highest BCUT2D eigenvalue weighted by Gasteiger charge is 2.44. The van der Waals surface area contributed by atoms with Gasteiger partial charge in [0.15, 0.2) is 5.60 Å². The molecule has 0 atom stereocenters. The van der Waals surface area contributed by atoms with Crippen molar-refractivity contribution < 1.29 is 4.74 Å². The standard InChI is InChI=1S/C26H19NO/c1-4-12-20(13-5-1)25-27-24-19-11-10-18-23(24)26(28-25,21-14-6-2-7-15-21)22-16-8-3-9-17-22/h1-19H. The maximum absolute atomic E-state index is 6.81. The first kappa shape index (κ1) is 16.5. The van der Waals surface area contributed by atoms with Gasteiger partial charge in [0.1, 0.15) is 0 Å². The minimum absolute atomic E-state index is 0.631. The molecule has 0 amide bonds. The van der Waals surface area contributed by atoms with E-state index >= 15 is 0 Å². The fraction of sp³-hybridized carbons (Fsp3) is 0.0385. The average molecular weight is 361 g/mol. The van der Waals surface area contributed by atoms with E-state index in [0.29, 0.717) is 5.90 Å². The van der Waals surface area contributed by atoms with Gasteiger partial charge >= 0.3 is 0 Å². The molecular formula is C26H19NO. The zero-order valence-electron chi connectivity index (χ0n) is 15.3. The lowest BCUT2D eigenvalue weighted by Gasteiger charge is -2.39. The van der Waals surface area contributed by atoms with Gasteiger partial charge in [0, 0.05) is 22.3 Å². The molecule has 0 N–H and O–H groups in total. The van der Waals surface area contributed by atoms with Gasteiger partial charge in [0.05, 0.1) is 5.69 Å². The molecule has 0 bridgehead atoms. The lowest BCUT2D eigenvalue weighted by Crippen LogP contribution is -2.37. The number of nitrogens with zero attached hydrogens (tertiary/aromatic N) is 1. The molecule has 1 aliphatic rings. The summed E-state index contributed by atoms with van der Waals surface area (Å²) < 4.78 is 6.81. The van der Waals surface area contributed by atoms with E-state index < -0.39 is 5.60 Å². The third kappa shape index (κ3) is 2.62. The molecule has 0 saturated carbocycles. The Balaban J connectivity index is 1.83. The summed E-state index contributed by atoms with van der Waals surface area (Å²) in [4.78, 5) is 4.86. The topological polar surface area (TPSA) is 21.6 Å². The molecule has 2 nitrogen and oxygen atoms in total. The van der Waals surface area contributed by atoms with Crippen molar-refractivity contribution in [1.29, 1.82) is 0 Å². The smallest absolute Gasteiger partial charge is 0.222 e. The second kappa shape index (κ2) is 6.82. The van der Waals surface area contributed by atoms with Gasteiger partial charge in [0.2, 0.25) is 5.90 Å². The molecule has 4 aromatic rings. The maximum atomic E-state index is 6.81. The zero-order valence-corrected chi connectivity index (χ0v) is 15.3. The molecule has 134 valence electrons. The summed E-state index contributed by atoms with van der Waals surface area (Å²) in [6.07, 6.45) is 0. The normalized spacial score (nSPS) is 14.5. The van der Waals surface area contributed by atoms with Crippen LogP contribution in [0.5, 0.6) is 0 Å². The van der Waals surface area contributed by atoms with E-state index in [-0.39, 0.29) is 0 Å². The van der Waals surface area contributed by atoms with Crippen molar-refractivity contribution in [2.24, 2.45) is 4.99 Å². The molecule has 0 saturated heterocycles. The van der Waals surface area contributed by atoms with Gasteiger partial charge < -0.3 is 4.74 Å². The van der Waals surface area contributed by atoms with E-state index in [1.165, 1.54) is 0 Å². The molecule has 5 rings (SSSR count). The zero-order chi connectivity index (χ0) is 18.8. The number of ether oxygens (including phenoxy) is 1. The highest BCUT2D eigenvalue weighted by atomic mass is 16.5. The Labute approximate surface area is 164 Å². The molecule has 0 spiro atoms. The van der Waals surface area contributed by atoms with Crippen LogP contribution in [0.2, 0.25) is 0 Å². The van der Waals surface area contributed by atoms with Crippen molar-refractivity contribution >= 4 is 11.6 Å². The van der Waals surface area contributed by atoms with Crippen molar-refractivity contribution in [3.63, 3.8) is 0 Å². The van der Waals surface area contributed by atoms with Crippen LogP contribution in [-0.2, 0) is 10.3 Å². The molecule has 1 aliphatic heterocycles. The molecule has 1 heterocycles. The van der Waals surface area contributed by atoms with E-state index in [2.05, 4.69) is 60.7 Å². The Morgan fingerprint density at radius 1 is 0.536 bits per heavy atom. The number of rotatable bonds is 3. The number of hydrogen-bond donors (Lipinski definition) is 0. The minimum Gasteiger partial charge on any atom is -0.456 e. The van der Waals surface area contributed by atoms with Gasteiger partial charge in [-0.15, -0.1) is 0 Å². The predicted molar refractivity (Wildman–Crippen MR) is 113 cm³/mol. The van der Waals surface area contributed by atoms with Crippen molar-refractivity contribution in [3.05, 3.63) is 138 Å². The lowest BCUT2D eigenvalue weighted by molar-refractivity contribution is 0.137. The first-order chi connectivity index (χ1) is 13.9. The largest absolute Gasteiger partial charge is 0.456 e. The number of benzene rings is 4. The number of para-hydroxylation sites is 1.